The number of rotatable bonds is 6. The first-order chi connectivity index (χ1) is 9.74. The summed E-state index contributed by atoms with van der Waals surface area (Å²) in [5, 5.41) is 4.16. The molecular weight excluding hydrogens is 256 g/mol. The molecule has 20 heavy (non-hydrogen) atoms. The molecule has 0 radical (unpaired) electrons. The molecule has 1 aromatic carbocycles. The summed E-state index contributed by atoms with van der Waals surface area (Å²) in [6.07, 6.45) is 1.05. The number of pyridine rings is 1. The molecule has 108 valence electrons. The molecule has 0 fully saturated rings. The summed E-state index contributed by atoms with van der Waals surface area (Å²) in [5.41, 5.74) is 0.806. The van der Waals surface area contributed by atoms with E-state index in [1.54, 1.807) is 21.3 Å². The average molecular weight is 276 g/mol. The normalized spacial score (nSPS) is 10.4. The molecule has 1 heterocycles. The molecule has 2 rings (SSSR count). The Morgan fingerprint density at radius 1 is 1.05 bits per heavy atom. The van der Waals surface area contributed by atoms with E-state index in [1.165, 1.54) is 0 Å². The Morgan fingerprint density at radius 2 is 1.80 bits per heavy atom. The van der Waals surface area contributed by atoms with Crippen molar-refractivity contribution in [3.05, 3.63) is 18.2 Å². The number of nitrogens with one attached hydrogen (secondary N) is 1. The van der Waals surface area contributed by atoms with E-state index >= 15 is 0 Å². The first kappa shape index (κ1) is 14.2. The predicted molar refractivity (Wildman–Crippen MR) is 80.2 cm³/mol. The molecule has 5 nitrogen and oxygen atoms in total. The number of benzene rings is 1. The molecule has 2 aromatic rings. The van der Waals surface area contributed by atoms with Gasteiger partial charge in [-0.05, 0) is 18.6 Å². The lowest BCUT2D eigenvalue weighted by Crippen LogP contribution is -2.02. The fourth-order valence-electron chi connectivity index (χ4n) is 2.10. The molecule has 0 aliphatic heterocycles. The van der Waals surface area contributed by atoms with Crippen molar-refractivity contribution in [2.24, 2.45) is 0 Å². The minimum absolute atomic E-state index is 0.582. The summed E-state index contributed by atoms with van der Waals surface area (Å²) in [5.74, 6) is 2.67. The third-order valence-electron chi connectivity index (χ3n) is 3.05. The van der Waals surface area contributed by atoms with Crippen LogP contribution in [0.3, 0.4) is 0 Å². The number of anilines is 1. The Balaban J connectivity index is 2.58. The Kier molecular flexibility index (Phi) is 4.50. The fourth-order valence-corrected chi connectivity index (χ4v) is 2.10. The summed E-state index contributed by atoms with van der Waals surface area (Å²) in [6, 6.07) is 5.77. The van der Waals surface area contributed by atoms with Crippen LogP contribution in [0, 0.1) is 0 Å². The maximum atomic E-state index is 5.45. The second kappa shape index (κ2) is 6.32. The third kappa shape index (κ3) is 2.57. The Morgan fingerprint density at radius 3 is 2.40 bits per heavy atom. The zero-order valence-electron chi connectivity index (χ0n) is 12.3. The topological polar surface area (TPSA) is 52.6 Å². The lowest BCUT2D eigenvalue weighted by atomic mass is 10.1. The first-order valence-electron chi connectivity index (χ1n) is 6.58. The van der Waals surface area contributed by atoms with Crippen molar-refractivity contribution in [3.63, 3.8) is 0 Å². The molecular formula is C15H20N2O3. The molecule has 0 bridgehead atoms. The number of fused-ring (bicyclic) bond motifs is 1. The van der Waals surface area contributed by atoms with E-state index < -0.39 is 0 Å². The van der Waals surface area contributed by atoms with Gasteiger partial charge in [0.2, 0.25) is 5.75 Å². The zero-order valence-corrected chi connectivity index (χ0v) is 12.3. The number of nitrogens with zero attached hydrogens (tertiary/aromatic N) is 1. The summed E-state index contributed by atoms with van der Waals surface area (Å²) in [7, 11) is 4.80. The van der Waals surface area contributed by atoms with E-state index in [2.05, 4.69) is 17.2 Å². The molecule has 0 unspecified atom stereocenters. The number of hydrogen-bond donors (Lipinski definition) is 1. The highest BCUT2D eigenvalue weighted by molar-refractivity contribution is 5.91. The number of aromatic nitrogens is 1. The average Bonchev–Trinajstić information content (AvgIpc) is 2.50. The Labute approximate surface area is 118 Å². The molecule has 1 N–H and O–H groups in total. The van der Waals surface area contributed by atoms with Crippen LogP contribution in [-0.4, -0.2) is 32.9 Å². The number of ether oxygens (including phenoxy) is 3. The summed E-state index contributed by atoms with van der Waals surface area (Å²) in [6.45, 7) is 3.01. The maximum Gasteiger partial charge on any atom is 0.204 e. The van der Waals surface area contributed by atoms with Crippen molar-refractivity contribution < 1.29 is 14.2 Å². The molecule has 0 aliphatic rings. The van der Waals surface area contributed by atoms with Gasteiger partial charge in [0.05, 0.1) is 26.8 Å². The monoisotopic (exact) mass is 276 g/mol. The number of methoxy groups -OCH3 is 3. The highest BCUT2D eigenvalue weighted by Crippen LogP contribution is 2.42. The SMILES string of the molecule is CCCNc1ccc2c(OC)c(OC)c(OC)cc2n1. The van der Waals surface area contributed by atoms with Crippen LogP contribution in [0.2, 0.25) is 0 Å². The summed E-state index contributed by atoms with van der Waals surface area (Å²) >= 11 is 0. The molecule has 0 saturated heterocycles. The maximum absolute atomic E-state index is 5.45. The van der Waals surface area contributed by atoms with Gasteiger partial charge in [0.15, 0.2) is 11.5 Å². The lowest BCUT2D eigenvalue weighted by Gasteiger charge is -2.15. The molecule has 0 atom stereocenters. The van der Waals surface area contributed by atoms with E-state index in [4.69, 9.17) is 14.2 Å². The minimum atomic E-state index is 0.582. The van der Waals surface area contributed by atoms with Crippen molar-refractivity contribution in [1.29, 1.82) is 0 Å². The molecule has 0 spiro atoms. The van der Waals surface area contributed by atoms with E-state index in [9.17, 15) is 0 Å². The van der Waals surface area contributed by atoms with Gasteiger partial charge in [0.1, 0.15) is 5.82 Å². The highest BCUT2D eigenvalue weighted by atomic mass is 16.5. The largest absolute Gasteiger partial charge is 0.493 e. The van der Waals surface area contributed by atoms with Crippen LogP contribution < -0.4 is 19.5 Å². The molecule has 0 aliphatic carbocycles. The smallest absolute Gasteiger partial charge is 0.204 e. The Bertz CT molecular complexity index is 599. The highest BCUT2D eigenvalue weighted by Gasteiger charge is 2.16. The van der Waals surface area contributed by atoms with Gasteiger partial charge >= 0.3 is 0 Å². The lowest BCUT2D eigenvalue weighted by molar-refractivity contribution is 0.327. The van der Waals surface area contributed by atoms with Gasteiger partial charge < -0.3 is 19.5 Å². The number of hydrogen-bond acceptors (Lipinski definition) is 5. The van der Waals surface area contributed by atoms with Crippen LogP contribution in [0.1, 0.15) is 13.3 Å². The molecule has 0 saturated carbocycles. The van der Waals surface area contributed by atoms with Crippen molar-refractivity contribution in [3.8, 4) is 17.2 Å². The van der Waals surface area contributed by atoms with Crippen LogP contribution in [0.4, 0.5) is 5.82 Å². The predicted octanol–water partition coefficient (Wildman–Crippen LogP) is 3.08. The Hall–Kier alpha value is -2.17. The molecule has 5 heteroatoms. The van der Waals surface area contributed by atoms with Gasteiger partial charge in [-0.1, -0.05) is 6.92 Å². The van der Waals surface area contributed by atoms with Gasteiger partial charge in [-0.2, -0.15) is 0 Å². The van der Waals surface area contributed by atoms with Crippen LogP contribution in [0.5, 0.6) is 17.2 Å². The van der Waals surface area contributed by atoms with Crippen LogP contribution in [0.15, 0.2) is 18.2 Å². The van der Waals surface area contributed by atoms with E-state index in [0.717, 1.165) is 29.7 Å². The standard InChI is InChI=1S/C15H20N2O3/c1-5-8-16-13-7-6-10-11(17-13)9-12(18-2)15(20-4)14(10)19-3/h6-7,9H,5,8H2,1-4H3,(H,16,17). The molecule has 1 aromatic heterocycles. The second-order valence-corrected chi connectivity index (χ2v) is 4.34. The van der Waals surface area contributed by atoms with Crippen LogP contribution in [0.25, 0.3) is 10.9 Å². The van der Waals surface area contributed by atoms with E-state index in [1.807, 2.05) is 18.2 Å². The quantitative estimate of drug-likeness (QED) is 0.878. The van der Waals surface area contributed by atoms with Gasteiger partial charge in [-0.3, -0.25) is 0 Å². The van der Waals surface area contributed by atoms with E-state index in [-0.39, 0.29) is 0 Å². The first-order valence-corrected chi connectivity index (χ1v) is 6.58. The van der Waals surface area contributed by atoms with Crippen molar-refractivity contribution in [2.75, 3.05) is 33.2 Å². The van der Waals surface area contributed by atoms with Crippen molar-refractivity contribution >= 4 is 16.7 Å². The van der Waals surface area contributed by atoms with Crippen molar-refractivity contribution in [2.45, 2.75) is 13.3 Å². The van der Waals surface area contributed by atoms with Crippen molar-refractivity contribution in [1.82, 2.24) is 4.98 Å². The van der Waals surface area contributed by atoms with Gasteiger partial charge in [-0.25, -0.2) is 4.98 Å². The minimum Gasteiger partial charge on any atom is -0.493 e. The van der Waals surface area contributed by atoms with Gasteiger partial charge in [0, 0.05) is 18.0 Å². The van der Waals surface area contributed by atoms with Gasteiger partial charge in [0.25, 0.3) is 0 Å². The second-order valence-electron chi connectivity index (χ2n) is 4.34. The van der Waals surface area contributed by atoms with Crippen LogP contribution in [-0.2, 0) is 0 Å². The van der Waals surface area contributed by atoms with E-state index in [0.29, 0.717) is 17.2 Å². The van der Waals surface area contributed by atoms with Gasteiger partial charge in [-0.15, -0.1) is 0 Å². The summed E-state index contributed by atoms with van der Waals surface area (Å²) in [4.78, 5) is 4.58. The fraction of sp³-hybridized carbons (Fsp3) is 0.400. The van der Waals surface area contributed by atoms with Crippen LogP contribution >= 0.6 is 0 Å². The summed E-state index contributed by atoms with van der Waals surface area (Å²) < 4.78 is 16.2. The molecule has 0 amide bonds. The third-order valence-corrected chi connectivity index (χ3v) is 3.05. The zero-order chi connectivity index (χ0) is 14.5.